The van der Waals surface area contributed by atoms with Crippen LogP contribution in [0.4, 0.5) is 5.95 Å². The number of fused-ring (bicyclic) bond motifs is 1. The van der Waals surface area contributed by atoms with Gasteiger partial charge in [-0.15, -0.1) is 0 Å². The van der Waals surface area contributed by atoms with Gasteiger partial charge in [0.1, 0.15) is 12.3 Å². The molecule has 0 aliphatic carbocycles. The molecule has 10 nitrogen and oxygen atoms in total. The number of amides is 2. The molecular formula is C27H30ClN5O5. The Bertz CT molecular complexity index is 1350. The third-order valence-electron chi connectivity index (χ3n) is 6.26. The number of carbonyl (C=O) groups is 2. The minimum Gasteiger partial charge on any atom is -0.496 e. The summed E-state index contributed by atoms with van der Waals surface area (Å²) in [6.07, 6.45) is 1.44. The molecule has 1 aromatic heterocycles. The Morgan fingerprint density at radius 2 is 2.03 bits per heavy atom. The zero-order valence-electron chi connectivity index (χ0n) is 21.4. The van der Waals surface area contributed by atoms with Crippen molar-refractivity contribution in [1.82, 2.24) is 20.2 Å². The van der Waals surface area contributed by atoms with Crippen molar-refractivity contribution in [1.29, 1.82) is 0 Å². The van der Waals surface area contributed by atoms with Crippen LogP contribution in [0.5, 0.6) is 5.75 Å². The number of carbonyl (C=O) groups excluding carboxylic acids is 2. The van der Waals surface area contributed by atoms with Crippen LogP contribution < -0.4 is 15.4 Å². The Kier molecular flexibility index (Phi) is 8.45. The van der Waals surface area contributed by atoms with E-state index >= 15 is 0 Å². The van der Waals surface area contributed by atoms with Crippen LogP contribution in [0.1, 0.15) is 40.0 Å². The van der Waals surface area contributed by atoms with Crippen molar-refractivity contribution in [3.05, 3.63) is 69.9 Å². The van der Waals surface area contributed by atoms with Gasteiger partial charge in [-0.2, -0.15) is 0 Å². The van der Waals surface area contributed by atoms with Gasteiger partial charge in [-0.1, -0.05) is 41.4 Å². The van der Waals surface area contributed by atoms with E-state index in [0.717, 1.165) is 11.1 Å². The number of benzene rings is 2. The number of hydrogen-bond donors (Lipinski definition) is 4. The van der Waals surface area contributed by atoms with Crippen LogP contribution in [-0.2, 0) is 11.3 Å². The largest absolute Gasteiger partial charge is 0.496 e. The fourth-order valence-corrected chi connectivity index (χ4v) is 4.52. The van der Waals surface area contributed by atoms with Crippen LogP contribution in [0.15, 0.2) is 42.6 Å². The Balaban J connectivity index is 1.55. The first kappa shape index (κ1) is 27.3. The number of methoxy groups -OCH3 is 1. The van der Waals surface area contributed by atoms with Crippen LogP contribution in [0.3, 0.4) is 0 Å². The predicted octanol–water partition coefficient (Wildman–Crippen LogP) is 2.71. The van der Waals surface area contributed by atoms with E-state index in [-0.39, 0.29) is 49.2 Å². The summed E-state index contributed by atoms with van der Waals surface area (Å²) in [6.45, 7) is 3.35. The van der Waals surface area contributed by atoms with E-state index in [9.17, 15) is 19.8 Å². The molecule has 2 heterocycles. The number of rotatable bonds is 10. The lowest BCUT2D eigenvalue weighted by molar-refractivity contribution is -0.122. The van der Waals surface area contributed by atoms with Crippen LogP contribution in [0, 0.1) is 6.92 Å². The van der Waals surface area contributed by atoms with E-state index in [2.05, 4.69) is 20.6 Å². The molecule has 2 atom stereocenters. The molecule has 4 N–H and O–H groups in total. The third kappa shape index (κ3) is 5.88. The summed E-state index contributed by atoms with van der Waals surface area (Å²) in [7, 11) is 1.50. The van der Waals surface area contributed by atoms with Crippen LogP contribution in [-0.4, -0.2) is 69.8 Å². The van der Waals surface area contributed by atoms with E-state index in [1.165, 1.54) is 18.2 Å². The summed E-state index contributed by atoms with van der Waals surface area (Å²) in [4.78, 5) is 36.2. The lowest BCUT2D eigenvalue weighted by atomic mass is 10.0. The number of aryl methyl sites for hydroxylation is 1. The van der Waals surface area contributed by atoms with E-state index in [1.807, 2.05) is 31.2 Å². The Morgan fingerprint density at radius 1 is 1.24 bits per heavy atom. The van der Waals surface area contributed by atoms with Crippen LogP contribution >= 0.6 is 11.6 Å². The Labute approximate surface area is 225 Å². The molecule has 0 saturated heterocycles. The minimum absolute atomic E-state index is 0.101. The average molecular weight is 540 g/mol. The number of halogens is 1. The summed E-state index contributed by atoms with van der Waals surface area (Å²) in [5, 5.41) is 25.2. The molecule has 0 spiro atoms. The van der Waals surface area contributed by atoms with E-state index in [1.54, 1.807) is 19.1 Å². The molecule has 1 aliphatic rings. The average Bonchev–Trinajstić information content (AvgIpc) is 3.22. The third-order valence-corrected chi connectivity index (χ3v) is 6.54. The maximum absolute atomic E-state index is 13.3. The lowest BCUT2D eigenvalue weighted by Gasteiger charge is -2.20. The monoisotopic (exact) mass is 539 g/mol. The SMILES string of the molecule is COc1cc(-c2nc(N[C@@H](C)CO)ncc2Cl)cc2c1CN(CC(=O)N[C@H](CO)c1cccc(C)c1)C2=O. The van der Waals surface area contributed by atoms with Gasteiger partial charge in [0.25, 0.3) is 5.91 Å². The lowest BCUT2D eigenvalue weighted by Crippen LogP contribution is -2.40. The van der Waals surface area contributed by atoms with Crippen molar-refractivity contribution < 1.29 is 24.5 Å². The van der Waals surface area contributed by atoms with Gasteiger partial charge in [0.2, 0.25) is 11.9 Å². The molecule has 1 aliphatic heterocycles. The van der Waals surface area contributed by atoms with Gasteiger partial charge >= 0.3 is 0 Å². The molecule has 2 aromatic carbocycles. The van der Waals surface area contributed by atoms with Gasteiger partial charge < -0.3 is 30.5 Å². The predicted molar refractivity (Wildman–Crippen MR) is 143 cm³/mol. The van der Waals surface area contributed by atoms with Crippen molar-refractivity contribution in [2.45, 2.75) is 32.5 Å². The Morgan fingerprint density at radius 3 is 2.71 bits per heavy atom. The zero-order chi connectivity index (χ0) is 27.4. The summed E-state index contributed by atoms with van der Waals surface area (Å²) in [5.74, 6) is 0.0269. The second-order valence-corrected chi connectivity index (χ2v) is 9.61. The highest BCUT2D eigenvalue weighted by Crippen LogP contribution is 2.37. The number of nitrogens with zero attached hydrogens (tertiary/aromatic N) is 3. The van der Waals surface area contributed by atoms with Crippen molar-refractivity contribution in [2.24, 2.45) is 0 Å². The van der Waals surface area contributed by atoms with Crippen molar-refractivity contribution >= 4 is 29.4 Å². The molecule has 0 bridgehead atoms. The van der Waals surface area contributed by atoms with Gasteiger partial charge in [-0.3, -0.25) is 9.59 Å². The molecule has 200 valence electrons. The van der Waals surface area contributed by atoms with Crippen molar-refractivity contribution in [3.63, 3.8) is 0 Å². The molecule has 2 amide bonds. The zero-order valence-corrected chi connectivity index (χ0v) is 22.1. The van der Waals surface area contributed by atoms with Gasteiger partial charge in [-0.25, -0.2) is 9.97 Å². The summed E-state index contributed by atoms with van der Waals surface area (Å²) in [6, 6.07) is 10.1. The van der Waals surface area contributed by atoms with Crippen molar-refractivity contribution in [3.8, 4) is 17.0 Å². The first-order chi connectivity index (χ1) is 18.2. The molecule has 0 radical (unpaired) electrons. The van der Waals surface area contributed by atoms with E-state index in [4.69, 9.17) is 16.3 Å². The minimum atomic E-state index is -0.583. The van der Waals surface area contributed by atoms with E-state index in [0.29, 0.717) is 28.1 Å². The van der Waals surface area contributed by atoms with Crippen LogP contribution in [0.2, 0.25) is 5.02 Å². The summed E-state index contributed by atoms with van der Waals surface area (Å²) < 4.78 is 5.58. The topological polar surface area (TPSA) is 137 Å². The molecule has 11 heteroatoms. The van der Waals surface area contributed by atoms with Crippen molar-refractivity contribution in [2.75, 3.05) is 32.2 Å². The first-order valence-corrected chi connectivity index (χ1v) is 12.5. The first-order valence-electron chi connectivity index (χ1n) is 12.1. The number of ether oxygens (including phenoxy) is 1. The number of aliphatic hydroxyl groups excluding tert-OH is 2. The number of nitrogens with one attached hydrogen (secondary N) is 2. The number of aromatic nitrogens is 2. The fourth-order valence-electron chi connectivity index (χ4n) is 4.32. The number of aliphatic hydroxyl groups is 2. The fraction of sp³-hybridized carbons (Fsp3) is 0.333. The maximum Gasteiger partial charge on any atom is 0.255 e. The number of anilines is 1. The molecular weight excluding hydrogens is 510 g/mol. The molecule has 4 rings (SSSR count). The molecule has 3 aromatic rings. The summed E-state index contributed by atoms with van der Waals surface area (Å²) in [5.41, 5.74) is 3.78. The van der Waals surface area contributed by atoms with E-state index < -0.39 is 11.9 Å². The number of hydrogen-bond acceptors (Lipinski definition) is 8. The van der Waals surface area contributed by atoms with Gasteiger partial charge in [-0.05, 0) is 31.5 Å². The second-order valence-electron chi connectivity index (χ2n) is 9.20. The molecule has 38 heavy (non-hydrogen) atoms. The molecule has 0 saturated carbocycles. The second kappa shape index (κ2) is 11.8. The molecule has 0 fully saturated rings. The molecule has 0 unspecified atom stereocenters. The highest BCUT2D eigenvalue weighted by molar-refractivity contribution is 6.33. The highest BCUT2D eigenvalue weighted by Gasteiger charge is 2.33. The maximum atomic E-state index is 13.3. The standard InChI is InChI=1S/C27H30ClN5O5/c1-15-5-4-6-17(7-15)22(14-35)31-24(36)12-33-11-20-19(26(33)37)8-18(9-23(20)38-3)25-21(28)10-29-27(32-25)30-16(2)13-34/h4-10,16,22,34-35H,11-14H2,1-3H3,(H,31,36)(H,29,30,32)/t16-,22+/m0/s1. The summed E-state index contributed by atoms with van der Waals surface area (Å²) >= 11 is 6.39. The van der Waals surface area contributed by atoms with Gasteiger partial charge in [0.15, 0.2) is 0 Å². The van der Waals surface area contributed by atoms with Gasteiger partial charge in [0, 0.05) is 22.7 Å². The smallest absolute Gasteiger partial charge is 0.255 e. The van der Waals surface area contributed by atoms with Crippen LogP contribution in [0.25, 0.3) is 11.3 Å². The Hall–Kier alpha value is -3.73. The van der Waals surface area contributed by atoms with Gasteiger partial charge in [0.05, 0.1) is 49.8 Å². The highest BCUT2D eigenvalue weighted by atomic mass is 35.5. The normalized spacial score (nSPS) is 14.2. The quantitative estimate of drug-likeness (QED) is 0.309.